The van der Waals surface area contributed by atoms with Crippen molar-refractivity contribution in [1.82, 2.24) is 9.47 Å². The first kappa shape index (κ1) is 23.9. The summed E-state index contributed by atoms with van der Waals surface area (Å²) >= 11 is 15.0. The van der Waals surface area contributed by atoms with E-state index >= 15 is 0 Å². The van der Waals surface area contributed by atoms with Gasteiger partial charge in [-0.15, -0.1) is 0 Å². The third-order valence-corrected chi connectivity index (χ3v) is 6.71. The van der Waals surface area contributed by atoms with E-state index in [0.717, 1.165) is 28.6 Å². The van der Waals surface area contributed by atoms with Gasteiger partial charge in [-0.3, -0.25) is 0 Å². The molecule has 170 valence electrons. The minimum atomic E-state index is -0.382. The molecule has 4 rings (SSSR count). The van der Waals surface area contributed by atoms with E-state index in [0.29, 0.717) is 28.9 Å². The number of benzene rings is 3. The SMILES string of the molecule is CCN(CC)C(=O)Oc1ccc2c(ccn2Cc2ccc(I)cc2)c1-c1cc(Cl)cc(Cl)c1. The number of hydrogen-bond donors (Lipinski definition) is 0. The average molecular weight is 593 g/mol. The summed E-state index contributed by atoms with van der Waals surface area (Å²) in [5, 5.41) is 2.01. The number of fused-ring (bicyclic) bond motifs is 1. The van der Waals surface area contributed by atoms with Crippen LogP contribution in [0.2, 0.25) is 10.0 Å². The normalized spacial score (nSPS) is 11.1. The second kappa shape index (κ2) is 10.4. The number of nitrogens with zero attached hydrogens (tertiary/aromatic N) is 2. The van der Waals surface area contributed by atoms with Crippen molar-refractivity contribution in [3.63, 3.8) is 0 Å². The van der Waals surface area contributed by atoms with Crippen molar-refractivity contribution >= 4 is 62.8 Å². The minimum Gasteiger partial charge on any atom is -0.410 e. The van der Waals surface area contributed by atoms with Gasteiger partial charge in [0.15, 0.2) is 0 Å². The molecule has 0 N–H and O–H groups in total. The van der Waals surface area contributed by atoms with E-state index in [9.17, 15) is 4.79 Å². The fraction of sp³-hybridized carbons (Fsp3) is 0.192. The number of ether oxygens (including phenoxy) is 1. The minimum absolute atomic E-state index is 0.382. The van der Waals surface area contributed by atoms with Crippen LogP contribution in [0.25, 0.3) is 22.0 Å². The van der Waals surface area contributed by atoms with Crippen molar-refractivity contribution in [2.24, 2.45) is 0 Å². The lowest BCUT2D eigenvalue weighted by Gasteiger charge is -2.20. The summed E-state index contributed by atoms with van der Waals surface area (Å²) in [4.78, 5) is 14.4. The van der Waals surface area contributed by atoms with Gasteiger partial charge in [-0.25, -0.2) is 4.79 Å². The molecule has 0 bridgehead atoms. The molecule has 0 saturated carbocycles. The molecule has 4 aromatic rings. The summed E-state index contributed by atoms with van der Waals surface area (Å²) in [7, 11) is 0. The highest BCUT2D eigenvalue weighted by molar-refractivity contribution is 14.1. The molecule has 0 aliphatic heterocycles. The molecule has 1 heterocycles. The lowest BCUT2D eigenvalue weighted by Crippen LogP contribution is -2.33. The summed E-state index contributed by atoms with van der Waals surface area (Å²) in [6.07, 6.45) is 1.67. The molecule has 33 heavy (non-hydrogen) atoms. The quantitative estimate of drug-likeness (QED) is 0.212. The molecular formula is C26H23Cl2IN2O2. The standard InChI is InChI=1S/C26H23Cl2IN2O2/c1-3-30(4-2)26(32)33-24-10-9-23-22(25(24)18-13-19(27)15-20(28)14-18)11-12-31(23)16-17-5-7-21(29)8-6-17/h5-15H,3-4,16H2,1-2H3. The summed E-state index contributed by atoms with van der Waals surface area (Å²) in [6.45, 7) is 5.73. The van der Waals surface area contributed by atoms with Gasteiger partial charge in [0.25, 0.3) is 0 Å². The molecule has 3 aromatic carbocycles. The van der Waals surface area contributed by atoms with Crippen molar-refractivity contribution in [1.29, 1.82) is 0 Å². The van der Waals surface area contributed by atoms with Crippen LogP contribution in [-0.4, -0.2) is 28.6 Å². The third-order valence-electron chi connectivity index (χ3n) is 5.55. The van der Waals surface area contributed by atoms with Crippen LogP contribution in [0.5, 0.6) is 5.75 Å². The number of aromatic nitrogens is 1. The fourth-order valence-electron chi connectivity index (χ4n) is 3.90. The van der Waals surface area contributed by atoms with Gasteiger partial charge in [0, 0.05) is 55.9 Å². The van der Waals surface area contributed by atoms with E-state index < -0.39 is 0 Å². The van der Waals surface area contributed by atoms with Crippen LogP contribution in [0.1, 0.15) is 19.4 Å². The van der Waals surface area contributed by atoms with E-state index in [1.54, 1.807) is 11.0 Å². The van der Waals surface area contributed by atoms with Crippen LogP contribution >= 0.6 is 45.8 Å². The maximum atomic E-state index is 12.7. The zero-order chi connectivity index (χ0) is 23.5. The monoisotopic (exact) mass is 592 g/mol. The maximum absolute atomic E-state index is 12.7. The molecule has 0 fully saturated rings. The van der Waals surface area contributed by atoms with Gasteiger partial charge < -0.3 is 14.2 Å². The molecule has 0 unspecified atom stereocenters. The van der Waals surface area contributed by atoms with Gasteiger partial charge in [0.2, 0.25) is 0 Å². The highest BCUT2D eigenvalue weighted by Gasteiger charge is 2.19. The summed E-state index contributed by atoms with van der Waals surface area (Å²) in [6, 6.07) is 19.7. The molecule has 0 spiro atoms. The first-order valence-corrected chi connectivity index (χ1v) is 12.5. The Labute approximate surface area is 217 Å². The molecular weight excluding hydrogens is 570 g/mol. The molecule has 7 heteroatoms. The van der Waals surface area contributed by atoms with Gasteiger partial charge in [0.1, 0.15) is 5.75 Å². The smallest absolute Gasteiger partial charge is 0.410 e. The lowest BCUT2D eigenvalue weighted by molar-refractivity contribution is 0.157. The van der Waals surface area contributed by atoms with Crippen molar-refractivity contribution < 1.29 is 9.53 Å². The second-order valence-corrected chi connectivity index (χ2v) is 9.76. The first-order valence-electron chi connectivity index (χ1n) is 10.7. The van der Waals surface area contributed by atoms with Gasteiger partial charge in [0.05, 0.1) is 0 Å². The van der Waals surface area contributed by atoms with Crippen molar-refractivity contribution in [2.75, 3.05) is 13.1 Å². The number of amides is 1. The summed E-state index contributed by atoms with van der Waals surface area (Å²) in [5.41, 5.74) is 3.82. The van der Waals surface area contributed by atoms with Crippen LogP contribution in [0.4, 0.5) is 4.79 Å². The third kappa shape index (κ3) is 5.31. The number of rotatable bonds is 6. The highest BCUT2D eigenvalue weighted by atomic mass is 127. The zero-order valence-corrected chi connectivity index (χ0v) is 22.0. The van der Waals surface area contributed by atoms with Crippen molar-refractivity contribution in [3.8, 4) is 16.9 Å². The Kier molecular flexibility index (Phi) is 7.51. The van der Waals surface area contributed by atoms with E-state index in [1.165, 1.54) is 9.13 Å². The van der Waals surface area contributed by atoms with Gasteiger partial charge in [-0.05, 0) is 96.1 Å². The van der Waals surface area contributed by atoms with E-state index in [-0.39, 0.29) is 6.09 Å². The van der Waals surface area contributed by atoms with Crippen LogP contribution in [0.3, 0.4) is 0 Å². The number of carbonyl (C=O) groups excluding carboxylic acids is 1. The van der Waals surface area contributed by atoms with Gasteiger partial charge in [-0.1, -0.05) is 35.3 Å². The molecule has 1 aromatic heterocycles. The van der Waals surface area contributed by atoms with Gasteiger partial charge >= 0.3 is 6.09 Å². The molecule has 0 aliphatic carbocycles. The Morgan fingerprint density at radius 3 is 2.27 bits per heavy atom. The first-order chi connectivity index (χ1) is 15.9. The fourth-order valence-corrected chi connectivity index (χ4v) is 4.78. The van der Waals surface area contributed by atoms with E-state index in [1.807, 2.05) is 50.4 Å². The molecule has 0 saturated heterocycles. The van der Waals surface area contributed by atoms with Crippen LogP contribution in [0, 0.1) is 3.57 Å². The van der Waals surface area contributed by atoms with Crippen LogP contribution in [0.15, 0.2) is 66.9 Å². The largest absolute Gasteiger partial charge is 0.415 e. The molecule has 1 amide bonds. The van der Waals surface area contributed by atoms with E-state index in [4.69, 9.17) is 27.9 Å². The van der Waals surface area contributed by atoms with E-state index in [2.05, 4.69) is 51.4 Å². The summed E-state index contributed by atoms with van der Waals surface area (Å²) < 4.78 is 9.25. The maximum Gasteiger partial charge on any atom is 0.415 e. The highest BCUT2D eigenvalue weighted by Crippen LogP contribution is 2.40. The second-order valence-electron chi connectivity index (χ2n) is 7.64. The van der Waals surface area contributed by atoms with Crippen LogP contribution < -0.4 is 4.74 Å². The molecule has 0 atom stereocenters. The van der Waals surface area contributed by atoms with Crippen LogP contribution in [-0.2, 0) is 6.54 Å². The Bertz CT molecular complexity index is 1280. The Hall–Kier alpha value is -2.22. The van der Waals surface area contributed by atoms with Gasteiger partial charge in [-0.2, -0.15) is 0 Å². The lowest BCUT2D eigenvalue weighted by atomic mass is 10.0. The average Bonchev–Trinajstić information content (AvgIpc) is 3.18. The Balaban J connectivity index is 1.83. The topological polar surface area (TPSA) is 34.5 Å². The zero-order valence-electron chi connectivity index (χ0n) is 18.3. The predicted octanol–water partition coefficient (Wildman–Crippen LogP) is 8.11. The number of carbonyl (C=O) groups is 1. The Morgan fingerprint density at radius 2 is 1.64 bits per heavy atom. The van der Waals surface area contributed by atoms with Crippen molar-refractivity contribution in [3.05, 3.63) is 86.0 Å². The number of halogens is 3. The Morgan fingerprint density at radius 1 is 0.970 bits per heavy atom. The molecule has 0 radical (unpaired) electrons. The summed E-state index contributed by atoms with van der Waals surface area (Å²) in [5.74, 6) is 0.477. The molecule has 0 aliphatic rings. The van der Waals surface area contributed by atoms with Crippen molar-refractivity contribution in [2.45, 2.75) is 20.4 Å². The molecule has 4 nitrogen and oxygen atoms in total. The predicted molar refractivity (Wildman–Crippen MR) is 145 cm³/mol. The number of hydrogen-bond acceptors (Lipinski definition) is 2.